The summed E-state index contributed by atoms with van der Waals surface area (Å²) in [5.74, 6) is 0.900. The van der Waals surface area contributed by atoms with Crippen LogP contribution in [0.3, 0.4) is 0 Å². The number of amides is 1. The largest absolute Gasteiger partial charge is 0.433 e. The van der Waals surface area contributed by atoms with Crippen molar-refractivity contribution in [1.29, 1.82) is 0 Å². The molecule has 2 aromatic rings. The molecule has 1 amide bonds. The van der Waals surface area contributed by atoms with E-state index in [0.29, 0.717) is 18.2 Å². The van der Waals surface area contributed by atoms with Crippen LogP contribution < -0.4 is 10.1 Å². The average Bonchev–Trinajstić information content (AvgIpc) is 2.96. The molecule has 0 saturated heterocycles. The number of anilines is 1. The number of aryl methyl sites for hydroxylation is 1. The molecule has 7 nitrogen and oxygen atoms in total. The molecule has 0 spiro atoms. The molecule has 2 rings (SSSR count). The van der Waals surface area contributed by atoms with Crippen molar-refractivity contribution in [2.24, 2.45) is 0 Å². The normalized spacial score (nSPS) is 11.0. The minimum Gasteiger partial charge on any atom is -0.433 e. The molecule has 0 aliphatic rings. The lowest BCUT2D eigenvalue weighted by Crippen LogP contribution is -2.13. The summed E-state index contributed by atoms with van der Waals surface area (Å²) in [6.45, 7) is 0.941. The SMILES string of the molecule is CC(C)c1nnc(CCC(=O)Nc2ccc(OC(F)F)cn2)o1. The van der Waals surface area contributed by atoms with E-state index >= 15 is 0 Å². The fraction of sp³-hybridized carbons (Fsp3) is 0.429. The standard InChI is InChI=1S/C14H16F2N4O3/c1-8(2)13-20-19-12(23-13)6-5-11(21)18-10-4-3-9(7-17-10)22-14(15)16/h3-4,7-8,14H,5-6H2,1-2H3,(H,17,18,21). The number of rotatable bonds is 7. The fourth-order valence-corrected chi connectivity index (χ4v) is 1.65. The first-order valence-electron chi connectivity index (χ1n) is 6.97. The molecule has 2 heterocycles. The van der Waals surface area contributed by atoms with Crippen LogP contribution in [-0.4, -0.2) is 27.7 Å². The highest BCUT2D eigenvalue weighted by Crippen LogP contribution is 2.15. The minimum absolute atomic E-state index is 0.0786. The van der Waals surface area contributed by atoms with Crippen LogP contribution in [0.15, 0.2) is 22.7 Å². The molecular weight excluding hydrogens is 310 g/mol. The highest BCUT2D eigenvalue weighted by atomic mass is 19.3. The molecule has 9 heteroatoms. The van der Waals surface area contributed by atoms with Gasteiger partial charge in [0.15, 0.2) is 0 Å². The summed E-state index contributed by atoms with van der Waals surface area (Å²) in [4.78, 5) is 15.6. The second-order valence-electron chi connectivity index (χ2n) is 4.99. The number of nitrogens with one attached hydrogen (secondary N) is 1. The number of aromatic nitrogens is 3. The van der Waals surface area contributed by atoms with Crippen LogP contribution in [0.25, 0.3) is 0 Å². The van der Waals surface area contributed by atoms with Gasteiger partial charge >= 0.3 is 6.61 Å². The Bertz CT molecular complexity index is 644. The van der Waals surface area contributed by atoms with E-state index in [4.69, 9.17) is 4.42 Å². The Morgan fingerprint density at radius 1 is 1.35 bits per heavy atom. The molecule has 0 aliphatic carbocycles. The number of hydrogen-bond donors (Lipinski definition) is 1. The van der Waals surface area contributed by atoms with Gasteiger partial charge in [-0.2, -0.15) is 8.78 Å². The van der Waals surface area contributed by atoms with Crippen LogP contribution in [0, 0.1) is 0 Å². The van der Waals surface area contributed by atoms with Crippen LogP contribution in [0.2, 0.25) is 0 Å². The van der Waals surface area contributed by atoms with E-state index in [1.807, 2.05) is 13.8 Å². The van der Waals surface area contributed by atoms with Crippen molar-refractivity contribution in [1.82, 2.24) is 15.2 Å². The molecular formula is C14H16F2N4O3. The summed E-state index contributed by atoms with van der Waals surface area (Å²) in [5, 5.41) is 10.3. The summed E-state index contributed by atoms with van der Waals surface area (Å²) < 4.78 is 33.6. The van der Waals surface area contributed by atoms with Crippen LogP contribution in [-0.2, 0) is 11.2 Å². The maximum absolute atomic E-state index is 12.0. The molecule has 0 radical (unpaired) electrons. The Labute approximate surface area is 131 Å². The minimum atomic E-state index is -2.91. The van der Waals surface area contributed by atoms with Crippen molar-refractivity contribution in [3.8, 4) is 5.75 Å². The topological polar surface area (TPSA) is 90.1 Å². The molecule has 1 N–H and O–H groups in total. The van der Waals surface area contributed by atoms with Gasteiger partial charge in [-0.05, 0) is 12.1 Å². The van der Waals surface area contributed by atoms with Crippen molar-refractivity contribution >= 4 is 11.7 Å². The van der Waals surface area contributed by atoms with E-state index in [2.05, 4.69) is 25.2 Å². The number of alkyl halides is 2. The summed E-state index contributed by atoms with van der Waals surface area (Å²) in [5.41, 5.74) is 0. The Kier molecular flexibility index (Phi) is 5.56. The van der Waals surface area contributed by atoms with Crippen molar-refractivity contribution in [3.63, 3.8) is 0 Å². The number of carbonyl (C=O) groups excluding carboxylic acids is 1. The lowest BCUT2D eigenvalue weighted by Gasteiger charge is -2.06. The highest BCUT2D eigenvalue weighted by Gasteiger charge is 2.12. The van der Waals surface area contributed by atoms with E-state index in [0.717, 1.165) is 6.20 Å². The van der Waals surface area contributed by atoms with E-state index in [1.165, 1.54) is 12.1 Å². The maximum atomic E-state index is 12.0. The first-order valence-corrected chi connectivity index (χ1v) is 6.97. The smallest absolute Gasteiger partial charge is 0.387 e. The van der Waals surface area contributed by atoms with E-state index in [-0.39, 0.29) is 29.8 Å². The quantitative estimate of drug-likeness (QED) is 0.841. The van der Waals surface area contributed by atoms with E-state index in [9.17, 15) is 13.6 Å². The zero-order chi connectivity index (χ0) is 16.8. The molecule has 0 fully saturated rings. The summed E-state index contributed by atoms with van der Waals surface area (Å²) in [6.07, 6.45) is 1.55. The first-order chi connectivity index (χ1) is 10.9. The van der Waals surface area contributed by atoms with Gasteiger partial charge in [-0.3, -0.25) is 4.79 Å². The first kappa shape index (κ1) is 16.8. The third-order valence-corrected chi connectivity index (χ3v) is 2.77. The number of hydrogen-bond acceptors (Lipinski definition) is 6. The molecule has 2 aromatic heterocycles. The second kappa shape index (κ2) is 7.61. The van der Waals surface area contributed by atoms with Gasteiger partial charge in [-0.1, -0.05) is 13.8 Å². The van der Waals surface area contributed by atoms with Crippen LogP contribution in [0.4, 0.5) is 14.6 Å². The zero-order valence-electron chi connectivity index (χ0n) is 12.6. The fourth-order valence-electron chi connectivity index (χ4n) is 1.65. The van der Waals surface area contributed by atoms with Crippen LogP contribution in [0.5, 0.6) is 5.75 Å². The van der Waals surface area contributed by atoms with Gasteiger partial charge in [0.1, 0.15) is 11.6 Å². The van der Waals surface area contributed by atoms with Gasteiger partial charge < -0.3 is 14.5 Å². The number of halogens is 2. The van der Waals surface area contributed by atoms with Crippen molar-refractivity contribution < 1.29 is 22.7 Å². The number of carbonyl (C=O) groups is 1. The number of nitrogens with zero attached hydrogens (tertiary/aromatic N) is 3. The summed E-state index contributed by atoms with van der Waals surface area (Å²) in [6, 6.07) is 2.67. The van der Waals surface area contributed by atoms with E-state index in [1.54, 1.807) is 0 Å². The van der Waals surface area contributed by atoms with Gasteiger partial charge in [0, 0.05) is 18.8 Å². The van der Waals surface area contributed by atoms with Crippen LogP contribution in [0.1, 0.15) is 38.0 Å². The lowest BCUT2D eigenvalue weighted by molar-refractivity contribution is -0.116. The Morgan fingerprint density at radius 2 is 2.13 bits per heavy atom. The highest BCUT2D eigenvalue weighted by molar-refractivity contribution is 5.89. The third-order valence-electron chi connectivity index (χ3n) is 2.77. The number of pyridine rings is 1. The van der Waals surface area contributed by atoms with Gasteiger partial charge in [-0.25, -0.2) is 4.98 Å². The Balaban J connectivity index is 1.82. The Hall–Kier alpha value is -2.58. The monoisotopic (exact) mass is 326 g/mol. The predicted octanol–water partition coefficient (Wildman–Crippen LogP) is 2.76. The van der Waals surface area contributed by atoms with Gasteiger partial charge in [0.2, 0.25) is 17.7 Å². The van der Waals surface area contributed by atoms with Crippen molar-refractivity contribution in [2.75, 3.05) is 5.32 Å². The summed E-state index contributed by atoms with van der Waals surface area (Å²) in [7, 11) is 0. The molecule has 0 atom stereocenters. The van der Waals surface area contributed by atoms with Gasteiger partial charge in [-0.15, -0.1) is 10.2 Å². The molecule has 0 aliphatic heterocycles. The van der Waals surface area contributed by atoms with Gasteiger partial charge in [0.25, 0.3) is 0 Å². The molecule has 23 heavy (non-hydrogen) atoms. The molecule has 0 aromatic carbocycles. The lowest BCUT2D eigenvalue weighted by atomic mass is 10.2. The Morgan fingerprint density at radius 3 is 2.70 bits per heavy atom. The van der Waals surface area contributed by atoms with Crippen molar-refractivity contribution in [3.05, 3.63) is 30.1 Å². The molecule has 0 bridgehead atoms. The zero-order valence-corrected chi connectivity index (χ0v) is 12.6. The van der Waals surface area contributed by atoms with E-state index < -0.39 is 6.61 Å². The van der Waals surface area contributed by atoms with Gasteiger partial charge in [0.05, 0.1) is 6.20 Å². The average molecular weight is 326 g/mol. The molecule has 0 saturated carbocycles. The second-order valence-corrected chi connectivity index (χ2v) is 4.99. The number of ether oxygens (including phenoxy) is 1. The van der Waals surface area contributed by atoms with Crippen LogP contribution >= 0.6 is 0 Å². The molecule has 0 unspecified atom stereocenters. The summed E-state index contributed by atoms with van der Waals surface area (Å²) >= 11 is 0. The predicted molar refractivity (Wildman–Crippen MR) is 76.2 cm³/mol. The third kappa shape index (κ3) is 5.28. The maximum Gasteiger partial charge on any atom is 0.387 e. The van der Waals surface area contributed by atoms with Crippen molar-refractivity contribution in [2.45, 2.75) is 39.2 Å². The molecule has 124 valence electrons.